The van der Waals surface area contributed by atoms with Crippen molar-refractivity contribution in [3.8, 4) is 23.0 Å². The molecule has 1 aliphatic rings. The fraction of sp³-hybridized carbons (Fsp3) is 0.438. The maximum atomic E-state index is 13.7. The minimum Gasteiger partial charge on any atom is -0.493 e. The number of ether oxygens (including phenoxy) is 4. The molecule has 4 rings (SSSR count). The molecule has 0 atom stereocenters. The van der Waals surface area contributed by atoms with Crippen LogP contribution in [0.5, 0.6) is 23.0 Å². The van der Waals surface area contributed by atoms with Crippen molar-refractivity contribution in [1.29, 1.82) is 0 Å². The molecule has 9 nitrogen and oxygen atoms in total. The molecule has 3 aromatic carbocycles. The van der Waals surface area contributed by atoms with Crippen LogP contribution >= 0.6 is 12.4 Å². The van der Waals surface area contributed by atoms with Crippen LogP contribution in [-0.2, 0) is 36.8 Å². The summed E-state index contributed by atoms with van der Waals surface area (Å²) in [5.74, 6) is 1.64. The van der Waals surface area contributed by atoms with Gasteiger partial charge in [-0.1, -0.05) is 42.5 Å². The quantitative estimate of drug-likeness (QED) is 0.233. The van der Waals surface area contributed by atoms with E-state index in [1.807, 2.05) is 55.6 Å². The van der Waals surface area contributed by atoms with E-state index in [9.17, 15) is 16.8 Å². The highest BCUT2D eigenvalue weighted by molar-refractivity contribution is 8.10. The Bertz CT molecular complexity index is 1560. The first kappa shape index (κ1) is 35.5. The third-order valence-corrected chi connectivity index (χ3v) is 14.0. The number of hydrogen-bond acceptors (Lipinski definition) is 9. The zero-order chi connectivity index (χ0) is 31.1. The second kappa shape index (κ2) is 15.3. The molecule has 0 radical (unpaired) electrons. The first-order valence-corrected chi connectivity index (χ1v) is 17.6. The number of sulfone groups is 2. The van der Waals surface area contributed by atoms with Crippen LogP contribution in [0.15, 0.2) is 66.7 Å². The van der Waals surface area contributed by atoms with E-state index in [0.717, 1.165) is 17.5 Å². The summed E-state index contributed by atoms with van der Waals surface area (Å²) in [5, 5.41) is 0. The molecule has 1 fully saturated rings. The Morgan fingerprint density at radius 2 is 1.34 bits per heavy atom. The molecule has 0 bridgehead atoms. The largest absolute Gasteiger partial charge is 0.493 e. The molecule has 0 N–H and O–H groups in total. The van der Waals surface area contributed by atoms with E-state index in [1.165, 1.54) is 13.2 Å². The van der Waals surface area contributed by atoms with E-state index in [4.69, 9.17) is 18.9 Å². The Balaban J connectivity index is 0.00000529. The molecule has 0 aliphatic carbocycles. The zero-order valence-electron chi connectivity index (χ0n) is 25.7. The normalized spacial score (nSPS) is 16.5. The van der Waals surface area contributed by atoms with Crippen LogP contribution in [0.2, 0.25) is 0 Å². The van der Waals surface area contributed by atoms with Crippen LogP contribution in [0.25, 0.3) is 0 Å². The van der Waals surface area contributed by atoms with Gasteiger partial charge in [-0.2, -0.15) is 0 Å². The lowest BCUT2D eigenvalue weighted by Crippen LogP contribution is -2.50. The topological polar surface area (TPSA) is 108 Å². The molecule has 1 heterocycles. The average molecular weight is 668 g/mol. The lowest BCUT2D eigenvalue weighted by atomic mass is 10.1. The standard InChI is InChI=1S/C32H41NO8S2.ClH/c1-33(19-16-25-12-14-28(38-2)30(22-25)39-3)18-8-17-32(42(34,35)20-9-21-43(32,36)37)27-13-15-29(31(23-27)40-4)41-24-26-10-6-5-7-11-26;/h5-7,10-15,22-23H,8-9,16-21,24H2,1-4H3;1H. The predicted octanol–water partition coefficient (Wildman–Crippen LogP) is 5.05. The fourth-order valence-electron chi connectivity index (χ4n) is 5.59. The summed E-state index contributed by atoms with van der Waals surface area (Å²) in [6, 6.07) is 20.1. The molecule has 12 heteroatoms. The van der Waals surface area contributed by atoms with Gasteiger partial charge in [0, 0.05) is 6.54 Å². The molecule has 3 aromatic rings. The highest BCUT2D eigenvalue weighted by Gasteiger charge is 2.57. The Hall–Kier alpha value is -2.99. The zero-order valence-corrected chi connectivity index (χ0v) is 28.1. The average Bonchev–Trinajstić information content (AvgIpc) is 3.00. The lowest BCUT2D eigenvalue weighted by molar-refractivity contribution is 0.284. The number of rotatable bonds is 14. The van der Waals surface area contributed by atoms with Crippen LogP contribution in [0.4, 0.5) is 0 Å². The Morgan fingerprint density at radius 3 is 1.98 bits per heavy atom. The van der Waals surface area contributed by atoms with Crippen LogP contribution < -0.4 is 18.9 Å². The van der Waals surface area contributed by atoms with Crippen molar-refractivity contribution in [3.05, 3.63) is 83.4 Å². The third kappa shape index (κ3) is 7.62. The molecule has 0 unspecified atom stereocenters. The third-order valence-electron chi connectivity index (χ3n) is 7.95. The summed E-state index contributed by atoms with van der Waals surface area (Å²) in [7, 11) is -1.48. The summed E-state index contributed by atoms with van der Waals surface area (Å²) >= 11 is 0. The molecule has 1 aliphatic heterocycles. The van der Waals surface area contributed by atoms with Crippen LogP contribution in [0.1, 0.15) is 36.0 Å². The van der Waals surface area contributed by atoms with Gasteiger partial charge in [0.2, 0.25) is 0 Å². The van der Waals surface area contributed by atoms with Crippen LogP contribution in [0.3, 0.4) is 0 Å². The van der Waals surface area contributed by atoms with E-state index < -0.39 is 23.8 Å². The minimum atomic E-state index is -4.04. The maximum Gasteiger partial charge on any atom is 0.198 e. The van der Waals surface area contributed by atoms with Gasteiger partial charge in [-0.25, -0.2) is 16.8 Å². The van der Waals surface area contributed by atoms with Crippen molar-refractivity contribution in [2.24, 2.45) is 0 Å². The minimum absolute atomic E-state index is 0. The van der Waals surface area contributed by atoms with Gasteiger partial charge in [0.25, 0.3) is 0 Å². The van der Waals surface area contributed by atoms with E-state index in [2.05, 4.69) is 4.90 Å². The molecule has 1 saturated heterocycles. The molecule has 44 heavy (non-hydrogen) atoms. The van der Waals surface area contributed by atoms with E-state index in [0.29, 0.717) is 36.8 Å². The Labute approximate surface area is 267 Å². The molecule has 0 spiro atoms. The number of halogens is 1. The summed E-state index contributed by atoms with van der Waals surface area (Å²) in [6.45, 7) is 1.51. The van der Waals surface area contributed by atoms with E-state index in [1.54, 1.807) is 26.4 Å². The molecule has 242 valence electrons. The van der Waals surface area contributed by atoms with Gasteiger partial charge in [-0.05, 0) is 80.2 Å². The SMILES string of the molecule is COc1ccc(CCN(C)CCCC2(c3ccc(OCc4ccccc4)c(OC)c3)S(=O)(=O)CCCS2(=O)=O)cc1OC.Cl. The van der Waals surface area contributed by atoms with Gasteiger partial charge in [0.1, 0.15) is 6.61 Å². The van der Waals surface area contributed by atoms with E-state index >= 15 is 0 Å². The number of methoxy groups -OCH3 is 3. The van der Waals surface area contributed by atoms with Crippen molar-refractivity contribution in [3.63, 3.8) is 0 Å². The van der Waals surface area contributed by atoms with Crippen molar-refractivity contribution >= 4 is 32.1 Å². The molecular weight excluding hydrogens is 626 g/mol. The fourth-order valence-corrected chi connectivity index (χ4v) is 11.4. The van der Waals surface area contributed by atoms with Gasteiger partial charge in [0.05, 0.1) is 32.8 Å². The number of nitrogens with zero attached hydrogens (tertiary/aromatic N) is 1. The van der Waals surface area contributed by atoms with Crippen molar-refractivity contribution < 1.29 is 35.8 Å². The monoisotopic (exact) mass is 667 g/mol. The summed E-state index contributed by atoms with van der Waals surface area (Å²) < 4.78 is 75.1. The number of hydrogen-bond donors (Lipinski definition) is 0. The van der Waals surface area contributed by atoms with Gasteiger partial charge < -0.3 is 23.8 Å². The number of benzene rings is 3. The number of likely N-dealkylation sites (N-methyl/N-ethyl adjacent to an activating group) is 1. The van der Waals surface area contributed by atoms with Gasteiger partial charge in [-0.3, -0.25) is 0 Å². The predicted molar refractivity (Wildman–Crippen MR) is 175 cm³/mol. The summed E-state index contributed by atoms with van der Waals surface area (Å²) in [5.41, 5.74) is 2.22. The van der Waals surface area contributed by atoms with Gasteiger partial charge in [0.15, 0.2) is 46.8 Å². The second-order valence-electron chi connectivity index (χ2n) is 10.7. The van der Waals surface area contributed by atoms with E-state index in [-0.39, 0.29) is 54.7 Å². The van der Waals surface area contributed by atoms with Crippen LogP contribution in [-0.4, -0.2) is 74.7 Å². The first-order chi connectivity index (χ1) is 20.6. The van der Waals surface area contributed by atoms with Crippen molar-refractivity contribution in [2.45, 2.75) is 36.4 Å². The molecule has 0 aromatic heterocycles. The second-order valence-corrected chi connectivity index (χ2v) is 15.7. The summed E-state index contributed by atoms with van der Waals surface area (Å²) in [4.78, 5) is 2.08. The lowest BCUT2D eigenvalue weighted by Gasteiger charge is -2.37. The first-order valence-electron chi connectivity index (χ1n) is 14.3. The molecule has 0 saturated carbocycles. The van der Waals surface area contributed by atoms with Gasteiger partial charge >= 0.3 is 0 Å². The molecular formula is C32H42ClNO8S2. The smallest absolute Gasteiger partial charge is 0.198 e. The maximum absolute atomic E-state index is 13.7. The molecule has 0 amide bonds. The highest BCUT2D eigenvalue weighted by Crippen LogP contribution is 2.47. The van der Waals surface area contributed by atoms with Crippen molar-refractivity contribution in [2.75, 3.05) is 53.0 Å². The highest BCUT2D eigenvalue weighted by atomic mass is 35.5. The van der Waals surface area contributed by atoms with Crippen molar-refractivity contribution in [1.82, 2.24) is 4.90 Å². The summed E-state index contributed by atoms with van der Waals surface area (Å²) in [6.07, 6.45) is 1.15. The van der Waals surface area contributed by atoms with Gasteiger partial charge in [-0.15, -0.1) is 12.4 Å². The van der Waals surface area contributed by atoms with Crippen LogP contribution in [0, 0.1) is 0 Å². The Kier molecular flexibility index (Phi) is 12.4. The Morgan fingerprint density at radius 1 is 0.727 bits per heavy atom.